The van der Waals surface area contributed by atoms with Crippen molar-refractivity contribution in [3.05, 3.63) is 0 Å². The van der Waals surface area contributed by atoms with Gasteiger partial charge >= 0.3 is 15.2 Å². The lowest BCUT2D eigenvalue weighted by Gasteiger charge is -2.28. The summed E-state index contributed by atoms with van der Waals surface area (Å²) in [5, 5.41) is 8.64. The molecule has 0 radical (unpaired) electrons. The number of aliphatic imine (C=N–C) groups is 1. The molecule has 0 aromatic rings. The van der Waals surface area contributed by atoms with Crippen molar-refractivity contribution < 1.29 is 33.8 Å². The van der Waals surface area contributed by atoms with E-state index in [1.165, 1.54) is 0 Å². The number of nitrogens with zero attached hydrogens (tertiary/aromatic N) is 1. The van der Waals surface area contributed by atoms with Crippen LogP contribution in [0.1, 0.15) is 6.42 Å². The van der Waals surface area contributed by atoms with Crippen molar-refractivity contribution in [1.29, 1.82) is 0 Å². The van der Waals surface area contributed by atoms with Gasteiger partial charge in [0.1, 0.15) is 5.84 Å². The second-order valence-corrected chi connectivity index (χ2v) is 7.30. The van der Waals surface area contributed by atoms with Gasteiger partial charge in [-0.05, 0) is 0 Å². The van der Waals surface area contributed by atoms with Crippen LogP contribution in [0.4, 0.5) is 0 Å². The molecule has 0 amide bonds. The van der Waals surface area contributed by atoms with Gasteiger partial charge < -0.3 is 30.0 Å². The molecule has 0 atom stereocenters. The maximum atomic E-state index is 11.0. The lowest BCUT2D eigenvalue weighted by Crippen LogP contribution is -2.35. The van der Waals surface area contributed by atoms with Gasteiger partial charge in [0.15, 0.2) is 0 Å². The Morgan fingerprint density at radius 2 is 1.75 bits per heavy atom. The van der Waals surface area contributed by atoms with Crippen LogP contribution in [0.5, 0.6) is 0 Å². The predicted molar refractivity (Wildman–Crippen MR) is 54.0 cm³/mol. The molecule has 0 aromatic heterocycles. The van der Waals surface area contributed by atoms with Gasteiger partial charge in [-0.1, -0.05) is 0 Å². The third-order valence-corrected chi connectivity index (χ3v) is 5.83. The minimum absolute atomic E-state index is 0.0332. The number of hydrogen-bond acceptors (Lipinski definition) is 5. The van der Waals surface area contributed by atoms with Gasteiger partial charge in [0.05, 0.1) is 13.0 Å². The van der Waals surface area contributed by atoms with Crippen LogP contribution < -0.4 is 5.32 Å². The molecule has 1 rings (SSSR count). The molecule has 0 saturated carbocycles. The summed E-state index contributed by atoms with van der Waals surface area (Å²) < 4.78 is 21.9. The first-order valence-corrected chi connectivity index (χ1v) is 7.41. The summed E-state index contributed by atoms with van der Waals surface area (Å²) in [5.74, 6) is -0.0332. The van der Waals surface area contributed by atoms with Crippen molar-refractivity contribution in [3.8, 4) is 0 Å². The van der Waals surface area contributed by atoms with E-state index in [0.717, 1.165) is 0 Å². The first-order valence-electron chi connectivity index (χ1n) is 4.19. The van der Waals surface area contributed by atoms with Crippen molar-refractivity contribution in [1.82, 2.24) is 5.32 Å². The zero-order valence-electron chi connectivity index (χ0n) is 8.02. The van der Waals surface area contributed by atoms with E-state index >= 15 is 0 Å². The molecule has 0 aromatic carbocycles. The quantitative estimate of drug-likeness (QED) is 0.333. The van der Waals surface area contributed by atoms with Crippen LogP contribution in [0, 0.1) is 0 Å². The molecule has 1 aliphatic heterocycles. The van der Waals surface area contributed by atoms with E-state index in [4.69, 9.17) is 19.6 Å². The number of rotatable bonds is 4. The topological polar surface area (TPSA) is 160 Å². The second kappa shape index (κ2) is 4.19. The molecule has 1 aliphatic rings. The fraction of sp³-hybridized carbons (Fsp3) is 0.800. The van der Waals surface area contributed by atoms with E-state index in [1.807, 2.05) is 0 Å². The maximum Gasteiger partial charge on any atom is 0.369 e. The molecule has 0 spiro atoms. The van der Waals surface area contributed by atoms with Crippen LogP contribution in [0.25, 0.3) is 0 Å². The van der Waals surface area contributed by atoms with E-state index in [9.17, 15) is 14.2 Å². The average Bonchev–Trinajstić information content (AvgIpc) is 2.52. The smallest absolute Gasteiger partial charge is 0.369 e. The SMILES string of the molecule is O=P(O)(O)C(O)(CC1=NCCN1)P(=O)(O)O. The highest BCUT2D eigenvalue weighted by atomic mass is 31.2. The standard InChI is InChI=1S/C5H12N2O7P2/c8-5(15(9,10)11,16(12,13)14)3-4-6-1-2-7-4/h8H,1-3H2,(H,6,7)(H2,9,10,11)(H2,12,13,14). The largest absolute Gasteiger partial charge is 0.372 e. The van der Waals surface area contributed by atoms with Gasteiger partial charge in [-0.3, -0.25) is 14.1 Å². The molecule has 1 heterocycles. The fourth-order valence-electron chi connectivity index (χ4n) is 1.17. The monoisotopic (exact) mass is 274 g/mol. The number of amidine groups is 1. The van der Waals surface area contributed by atoms with Crippen LogP contribution in [-0.2, 0) is 9.13 Å². The van der Waals surface area contributed by atoms with Crippen molar-refractivity contribution in [3.63, 3.8) is 0 Å². The second-order valence-electron chi connectivity index (χ2n) is 3.29. The first kappa shape index (κ1) is 13.8. The molecular weight excluding hydrogens is 262 g/mol. The zero-order valence-corrected chi connectivity index (χ0v) is 9.80. The van der Waals surface area contributed by atoms with Crippen LogP contribution in [0.3, 0.4) is 0 Å². The molecule has 0 saturated heterocycles. The van der Waals surface area contributed by atoms with Crippen molar-refractivity contribution >= 4 is 21.0 Å². The summed E-state index contributed by atoms with van der Waals surface area (Å²) in [6.45, 7) is 0.724. The minimum Gasteiger partial charge on any atom is -0.372 e. The van der Waals surface area contributed by atoms with E-state index in [-0.39, 0.29) is 5.84 Å². The lowest BCUT2D eigenvalue weighted by molar-refractivity contribution is 0.136. The summed E-state index contributed by atoms with van der Waals surface area (Å²) in [5.41, 5.74) is 0. The summed E-state index contributed by atoms with van der Waals surface area (Å²) in [4.78, 5) is 39.0. The average molecular weight is 274 g/mol. The van der Waals surface area contributed by atoms with Gasteiger partial charge in [-0.25, -0.2) is 0 Å². The van der Waals surface area contributed by atoms with E-state index in [0.29, 0.717) is 13.1 Å². The summed E-state index contributed by atoms with van der Waals surface area (Å²) in [7, 11) is -10.8. The highest BCUT2D eigenvalue weighted by Crippen LogP contribution is 2.68. The summed E-state index contributed by atoms with van der Waals surface area (Å²) in [6.07, 6.45) is -0.915. The Bertz CT molecular complexity index is 374. The molecular formula is C5H12N2O7P2. The third kappa shape index (κ3) is 2.52. The Balaban J connectivity index is 3.06. The van der Waals surface area contributed by atoms with Crippen LogP contribution in [0.15, 0.2) is 4.99 Å². The van der Waals surface area contributed by atoms with E-state index in [2.05, 4.69) is 10.3 Å². The Kier molecular flexibility index (Phi) is 3.62. The lowest BCUT2D eigenvalue weighted by atomic mass is 10.4. The van der Waals surface area contributed by atoms with Gasteiger partial charge in [0, 0.05) is 6.54 Å². The van der Waals surface area contributed by atoms with Crippen molar-refractivity contribution in [2.45, 2.75) is 11.5 Å². The fourth-order valence-corrected chi connectivity index (χ4v) is 3.23. The molecule has 0 bridgehead atoms. The molecule has 9 nitrogen and oxygen atoms in total. The Morgan fingerprint density at radius 3 is 2.06 bits per heavy atom. The van der Waals surface area contributed by atoms with Crippen LogP contribution in [-0.4, -0.2) is 48.7 Å². The zero-order chi connectivity index (χ0) is 12.6. The summed E-state index contributed by atoms with van der Waals surface area (Å²) >= 11 is 0. The normalized spacial score (nSPS) is 18.2. The van der Waals surface area contributed by atoms with E-state index < -0.39 is 26.7 Å². The number of aliphatic hydroxyl groups is 1. The van der Waals surface area contributed by atoms with Crippen molar-refractivity contribution in [2.75, 3.05) is 13.1 Å². The first-order chi connectivity index (χ1) is 7.08. The van der Waals surface area contributed by atoms with Crippen molar-refractivity contribution in [2.24, 2.45) is 4.99 Å². The predicted octanol–water partition coefficient (Wildman–Crippen LogP) is -1.62. The number of hydrogen-bond donors (Lipinski definition) is 6. The molecule has 0 aliphatic carbocycles. The minimum atomic E-state index is -5.39. The highest BCUT2D eigenvalue weighted by molar-refractivity contribution is 7.72. The van der Waals surface area contributed by atoms with Gasteiger partial charge in [0.2, 0.25) is 0 Å². The Hall–Kier alpha value is -0.270. The molecule has 0 fully saturated rings. The van der Waals surface area contributed by atoms with Gasteiger partial charge in [0.25, 0.3) is 5.08 Å². The third-order valence-electron chi connectivity index (χ3n) is 2.08. The molecule has 0 unspecified atom stereocenters. The molecule has 16 heavy (non-hydrogen) atoms. The van der Waals surface area contributed by atoms with Gasteiger partial charge in [-0.2, -0.15) is 0 Å². The Morgan fingerprint density at radius 1 is 1.25 bits per heavy atom. The van der Waals surface area contributed by atoms with E-state index in [1.54, 1.807) is 0 Å². The maximum absolute atomic E-state index is 11.0. The van der Waals surface area contributed by atoms with Gasteiger partial charge in [-0.15, -0.1) is 0 Å². The highest BCUT2D eigenvalue weighted by Gasteiger charge is 2.60. The Labute approximate surface area is 90.5 Å². The molecule has 94 valence electrons. The molecule has 11 heteroatoms. The van der Waals surface area contributed by atoms with Crippen LogP contribution in [0.2, 0.25) is 0 Å². The van der Waals surface area contributed by atoms with Crippen LogP contribution >= 0.6 is 15.2 Å². The molecule has 6 N–H and O–H groups in total. The number of nitrogens with one attached hydrogen (secondary N) is 1. The summed E-state index contributed by atoms with van der Waals surface area (Å²) in [6, 6.07) is 0.